The molecule has 0 radical (unpaired) electrons. The summed E-state index contributed by atoms with van der Waals surface area (Å²) >= 11 is 0. The van der Waals surface area contributed by atoms with Crippen LogP contribution in [0.1, 0.15) is 258 Å². The van der Waals surface area contributed by atoms with E-state index in [0.717, 1.165) is 89.9 Å². The van der Waals surface area contributed by atoms with Gasteiger partial charge in [0.2, 0.25) is 0 Å². The number of esters is 2. The van der Waals surface area contributed by atoms with Crippen molar-refractivity contribution in [3.8, 4) is 0 Å². The molecule has 0 bridgehead atoms. The number of nitrogens with zero attached hydrogens (tertiary/aromatic N) is 1. The predicted octanol–water partition coefficient (Wildman–Crippen LogP) is 19.2. The summed E-state index contributed by atoms with van der Waals surface area (Å²) in [5.41, 5.74) is 0. The third-order valence-corrected chi connectivity index (χ3v) is 13.9. The molecular formula is C74H123NO8. The molecule has 0 saturated carbocycles. The van der Waals surface area contributed by atoms with Gasteiger partial charge in [0.15, 0.2) is 12.4 Å². The number of likely N-dealkylation sites (N-methyl/N-ethyl adjacent to an activating group) is 1. The lowest BCUT2D eigenvalue weighted by Gasteiger charge is -2.26. The molecule has 0 saturated heterocycles. The minimum atomic E-state index is -1.65. The molecule has 9 nitrogen and oxygen atoms in total. The Kier molecular flexibility index (Phi) is 60.0. The smallest absolute Gasteiger partial charge is 0.306 e. The largest absolute Gasteiger partial charge is 0.545 e. The summed E-state index contributed by atoms with van der Waals surface area (Å²) in [6, 6.07) is 0. The van der Waals surface area contributed by atoms with Crippen LogP contribution in [0.2, 0.25) is 0 Å². The van der Waals surface area contributed by atoms with Crippen LogP contribution in [0.4, 0.5) is 0 Å². The molecule has 2 atom stereocenters. The zero-order valence-electron chi connectivity index (χ0n) is 53.8. The Morgan fingerprint density at radius 2 is 0.675 bits per heavy atom. The minimum Gasteiger partial charge on any atom is -0.545 e. The van der Waals surface area contributed by atoms with E-state index in [4.69, 9.17) is 18.9 Å². The maximum absolute atomic E-state index is 12.8. The van der Waals surface area contributed by atoms with E-state index in [1.165, 1.54) is 135 Å². The lowest BCUT2D eigenvalue weighted by Crippen LogP contribution is -2.44. The van der Waals surface area contributed by atoms with Gasteiger partial charge < -0.3 is 33.3 Å². The Morgan fingerprint density at radius 3 is 1.01 bits per heavy atom. The lowest BCUT2D eigenvalue weighted by atomic mass is 10.0. The van der Waals surface area contributed by atoms with Gasteiger partial charge in [-0.25, -0.2) is 0 Å². The number of carbonyl (C=O) groups is 3. The minimum absolute atomic E-state index is 0.118. The number of carboxylic acids is 1. The SMILES string of the molecule is CC/C=C\C/C=C\C/C=C\C/C=C\C/C=C\C/C=C\CCC(=O)OC(COC(=O)CCCCCCCCCCCCCCCCCCCCCCCCC/C=C\C/C=C\C/C=C\C/C=C\C/C=C\CC)COC(OCC[N+](C)(C)C)C(=O)[O-]. The maximum atomic E-state index is 12.8. The molecular weight excluding hydrogens is 1030 g/mol. The topological polar surface area (TPSA) is 111 Å². The molecule has 0 aliphatic rings. The van der Waals surface area contributed by atoms with Crippen LogP contribution in [0.3, 0.4) is 0 Å². The molecule has 9 heteroatoms. The second kappa shape index (κ2) is 63.5. The first-order valence-corrected chi connectivity index (χ1v) is 33.3. The quantitative estimate of drug-likeness (QED) is 0.0195. The molecule has 0 aliphatic heterocycles. The Morgan fingerprint density at radius 1 is 0.361 bits per heavy atom. The Labute approximate surface area is 509 Å². The summed E-state index contributed by atoms with van der Waals surface area (Å²) in [6.45, 7) is 4.43. The first-order valence-electron chi connectivity index (χ1n) is 33.3. The van der Waals surface area contributed by atoms with Crippen molar-refractivity contribution >= 4 is 17.9 Å². The monoisotopic (exact) mass is 1150 g/mol. The average molecular weight is 1150 g/mol. The third kappa shape index (κ3) is 64.8. The fraction of sp³-hybridized carbons (Fsp3) is 0.662. The number of quaternary nitrogens is 1. The number of aliphatic carboxylic acids is 1. The van der Waals surface area contributed by atoms with Crippen molar-refractivity contribution in [2.45, 2.75) is 270 Å². The van der Waals surface area contributed by atoms with E-state index >= 15 is 0 Å². The van der Waals surface area contributed by atoms with Crippen LogP contribution >= 0.6 is 0 Å². The highest BCUT2D eigenvalue weighted by atomic mass is 16.7. The standard InChI is InChI=1S/C74H123NO8/c1-6-8-10-12-14-16-18-20-22-24-26-27-28-29-30-31-32-33-34-35-36-37-38-39-40-41-42-43-44-45-47-48-50-52-54-56-58-60-62-64-71(76)81-68-70(69-82-74(73(78)79)80-67-66-75(3,4)5)83-72(77)65-63-61-59-57-55-53-51-49-46-25-23-21-19-17-15-13-11-9-7-2/h8-11,14-17,20-23,26-27,29-30,46,49,53,55,59,61,70,74H,6-7,12-13,18-19,24-25,28,31-45,47-48,50-52,54,56-58,60,62-69H2,1-5H3/b10-8-,11-9-,16-14-,17-15-,22-20-,23-21-,27-26-,30-29-,49-46-,55-53-,61-59-. The highest BCUT2D eigenvalue weighted by molar-refractivity contribution is 5.70. The molecule has 0 N–H and O–H groups in total. The lowest BCUT2D eigenvalue weighted by molar-refractivity contribution is -0.870. The Bertz CT molecular complexity index is 1820. The van der Waals surface area contributed by atoms with E-state index in [0.29, 0.717) is 17.4 Å². The molecule has 83 heavy (non-hydrogen) atoms. The Balaban J connectivity index is 4.07. The first kappa shape index (κ1) is 78.4. The molecule has 0 aliphatic carbocycles. The van der Waals surface area contributed by atoms with Gasteiger partial charge in [0.25, 0.3) is 0 Å². The van der Waals surface area contributed by atoms with Crippen molar-refractivity contribution in [2.75, 3.05) is 47.5 Å². The molecule has 0 rings (SSSR count). The van der Waals surface area contributed by atoms with Gasteiger partial charge in [0.05, 0.1) is 40.3 Å². The van der Waals surface area contributed by atoms with Crippen LogP contribution in [0.5, 0.6) is 0 Å². The summed E-state index contributed by atoms with van der Waals surface area (Å²) in [5, 5.41) is 11.8. The fourth-order valence-corrected chi connectivity index (χ4v) is 8.88. The van der Waals surface area contributed by atoms with Crippen molar-refractivity contribution in [2.24, 2.45) is 0 Å². The number of carbonyl (C=O) groups excluding carboxylic acids is 3. The van der Waals surface area contributed by atoms with Gasteiger partial charge in [-0.05, 0) is 96.3 Å². The summed E-state index contributed by atoms with van der Waals surface area (Å²) in [7, 11) is 5.90. The van der Waals surface area contributed by atoms with Gasteiger partial charge in [-0.15, -0.1) is 0 Å². The number of allylic oxidation sites excluding steroid dienone is 22. The molecule has 2 unspecified atom stereocenters. The number of rotatable bonds is 60. The van der Waals surface area contributed by atoms with Crippen LogP contribution in [0.15, 0.2) is 134 Å². The number of hydrogen-bond donors (Lipinski definition) is 0. The van der Waals surface area contributed by atoms with Crippen molar-refractivity contribution in [3.63, 3.8) is 0 Å². The molecule has 0 heterocycles. The van der Waals surface area contributed by atoms with E-state index in [2.05, 4.69) is 135 Å². The van der Waals surface area contributed by atoms with Crippen molar-refractivity contribution in [1.29, 1.82) is 0 Å². The molecule has 472 valence electrons. The maximum Gasteiger partial charge on any atom is 0.306 e. The van der Waals surface area contributed by atoms with Gasteiger partial charge in [-0.2, -0.15) is 0 Å². The van der Waals surface area contributed by atoms with Crippen molar-refractivity contribution in [1.82, 2.24) is 0 Å². The zero-order chi connectivity index (χ0) is 60.5. The molecule has 0 aromatic heterocycles. The summed E-state index contributed by atoms with van der Waals surface area (Å²) < 4.78 is 22.6. The molecule has 0 aromatic carbocycles. The van der Waals surface area contributed by atoms with E-state index in [-0.39, 0.29) is 38.6 Å². The van der Waals surface area contributed by atoms with Gasteiger partial charge in [0.1, 0.15) is 13.2 Å². The van der Waals surface area contributed by atoms with Gasteiger partial charge >= 0.3 is 11.9 Å². The average Bonchev–Trinajstić information content (AvgIpc) is 3.46. The van der Waals surface area contributed by atoms with Crippen molar-refractivity contribution in [3.05, 3.63) is 134 Å². The number of unbranched alkanes of at least 4 members (excludes halogenated alkanes) is 23. The van der Waals surface area contributed by atoms with Gasteiger partial charge in [-0.1, -0.05) is 282 Å². The second-order valence-electron chi connectivity index (χ2n) is 23.0. The third-order valence-electron chi connectivity index (χ3n) is 13.9. The highest BCUT2D eigenvalue weighted by Gasteiger charge is 2.22. The zero-order valence-corrected chi connectivity index (χ0v) is 53.8. The van der Waals surface area contributed by atoms with Crippen molar-refractivity contribution < 1.29 is 42.9 Å². The van der Waals surface area contributed by atoms with Crippen LogP contribution in [-0.2, 0) is 33.3 Å². The first-order chi connectivity index (χ1) is 40.6. The normalized spacial score (nSPS) is 13.6. The van der Waals surface area contributed by atoms with E-state index < -0.39 is 24.3 Å². The summed E-state index contributed by atoms with van der Waals surface area (Å²) in [6.07, 6.45) is 88.5. The van der Waals surface area contributed by atoms with Crippen LogP contribution in [-0.4, -0.2) is 82.3 Å². The number of ether oxygens (including phenoxy) is 4. The number of carboxylic acid groups (broad SMARTS) is 1. The summed E-state index contributed by atoms with van der Waals surface area (Å²) in [5.74, 6) is -2.40. The molecule has 0 aromatic rings. The molecule has 0 amide bonds. The van der Waals surface area contributed by atoms with Gasteiger partial charge in [0, 0.05) is 12.8 Å². The van der Waals surface area contributed by atoms with E-state index in [1.54, 1.807) is 0 Å². The fourth-order valence-electron chi connectivity index (χ4n) is 8.88. The van der Waals surface area contributed by atoms with E-state index in [9.17, 15) is 19.5 Å². The molecule has 0 spiro atoms. The van der Waals surface area contributed by atoms with Crippen LogP contribution in [0, 0.1) is 0 Å². The van der Waals surface area contributed by atoms with Crippen LogP contribution in [0.25, 0.3) is 0 Å². The number of hydrogen-bond acceptors (Lipinski definition) is 8. The van der Waals surface area contributed by atoms with Gasteiger partial charge in [-0.3, -0.25) is 9.59 Å². The predicted molar refractivity (Wildman–Crippen MR) is 352 cm³/mol. The Hall–Kier alpha value is -4.57. The summed E-state index contributed by atoms with van der Waals surface area (Å²) in [4.78, 5) is 37.3. The van der Waals surface area contributed by atoms with Crippen LogP contribution < -0.4 is 5.11 Å². The molecule has 0 fully saturated rings. The van der Waals surface area contributed by atoms with E-state index in [1.807, 2.05) is 33.3 Å². The second-order valence-corrected chi connectivity index (χ2v) is 23.0. The highest BCUT2D eigenvalue weighted by Crippen LogP contribution is 2.17.